The highest BCUT2D eigenvalue weighted by molar-refractivity contribution is 7.81. The SMILES string of the molecule is COC(=O)CC(C(=O)OC)S(=O)OC. The van der Waals surface area contributed by atoms with Gasteiger partial charge in [0.25, 0.3) is 0 Å². The Hall–Kier alpha value is -0.950. The van der Waals surface area contributed by atoms with E-state index in [1.54, 1.807) is 0 Å². The fourth-order valence-corrected chi connectivity index (χ4v) is 1.47. The topological polar surface area (TPSA) is 78.9 Å². The lowest BCUT2D eigenvalue weighted by atomic mass is 10.3. The third-order valence-electron chi connectivity index (χ3n) is 1.44. The highest BCUT2D eigenvalue weighted by Gasteiger charge is 2.29. The van der Waals surface area contributed by atoms with E-state index in [0.29, 0.717) is 0 Å². The smallest absolute Gasteiger partial charge is 0.324 e. The molecule has 0 aromatic rings. The highest BCUT2D eigenvalue weighted by Crippen LogP contribution is 2.06. The van der Waals surface area contributed by atoms with Crippen molar-refractivity contribution in [2.75, 3.05) is 21.3 Å². The predicted molar refractivity (Wildman–Crippen MR) is 47.6 cm³/mol. The van der Waals surface area contributed by atoms with Crippen LogP contribution in [0, 0.1) is 0 Å². The van der Waals surface area contributed by atoms with E-state index in [1.807, 2.05) is 0 Å². The molecule has 0 aliphatic heterocycles. The van der Waals surface area contributed by atoms with Crippen LogP contribution in [0.4, 0.5) is 0 Å². The molecular weight excluding hydrogens is 212 g/mol. The zero-order chi connectivity index (χ0) is 11.1. The fraction of sp³-hybridized carbons (Fsp3) is 0.714. The van der Waals surface area contributed by atoms with Gasteiger partial charge in [-0.2, -0.15) is 0 Å². The van der Waals surface area contributed by atoms with Gasteiger partial charge in [0.2, 0.25) is 0 Å². The molecule has 0 aliphatic rings. The van der Waals surface area contributed by atoms with Crippen molar-refractivity contribution in [1.29, 1.82) is 0 Å². The van der Waals surface area contributed by atoms with Gasteiger partial charge in [0.15, 0.2) is 16.3 Å². The lowest BCUT2D eigenvalue weighted by molar-refractivity contribution is -0.146. The van der Waals surface area contributed by atoms with Gasteiger partial charge in [-0.15, -0.1) is 0 Å². The molecule has 2 unspecified atom stereocenters. The van der Waals surface area contributed by atoms with Crippen LogP contribution in [-0.4, -0.2) is 42.7 Å². The van der Waals surface area contributed by atoms with Crippen molar-refractivity contribution in [3.63, 3.8) is 0 Å². The van der Waals surface area contributed by atoms with E-state index < -0.39 is 28.3 Å². The van der Waals surface area contributed by atoms with Gasteiger partial charge in [-0.05, 0) is 0 Å². The van der Waals surface area contributed by atoms with Crippen LogP contribution in [0.5, 0.6) is 0 Å². The van der Waals surface area contributed by atoms with Crippen LogP contribution in [0.3, 0.4) is 0 Å². The lowest BCUT2D eigenvalue weighted by Crippen LogP contribution is -2.30. The molecular formula is C7H12O6S. The first-order valence-corrected chi connectivity index (χ1v) is 4.80. The maximum absolute atomic E-state index is 11.1. The molecule has 0 radical (unpaired) electrons. The van der Waals surface area contributed by atoms with E-state index in [1.165, 1.54) is 14.2 Å². The van der Waals surface area contributed by atoms with Crippen molar-refractivity contribution in [1.82, 2.24) is 0 Å². The summed E-state index contributed by atoms with van der Waals surface area (Å²) in [7, 11) is 3.48. The van der Waals surface area contributed by atoms with E-state index in [4.69, 9.17) is 0 Å². The number of esters is 2. The molecule has 0 saturated carbocycles. The number of hydrogen-bond donors (Lipinski definition) is 0. The van der Waals surface area contributed by atoms with Gasteiger partial charge < -0.3 is 9.47 Å². The molecule has 0 rings (SSSR count). The van der Waals surface area contributed by atoms with E-state index >= 15 is 0 Å². The minimum absolute atomic E-state index is 0.330. The number of hydrogen-bond acceptors (Lipinski definition) is 6. The van der Waals surface area contributed by atoms with Crippen molar-refractivity contribution in [2.24, 2.45) is 0 Å². The Labute approximate surface area is 84.2 Å². The molecule has 0 amide bonds. The summed E-state index contributed by atoms with van der Waals surface area (Å²) >= 11 is -1.89. The van der Waals surface area contributed by atoms with Gasteiger partial charge >= 0.3 is 11.9 Å². The van der Waals surface area contributed by atoms with E-state index in [2.05, 4.69) is 13.7 Å². The molecule has 0 fully saturated rings. The van der Waals surface area contributed by atoms with Gasteiger partial charge in [-0.25, -0.2) is 4.21 Å². The molecule has 6 nitrogen and oxygen atoms in total. The summed E-state index contributed by atoms with van der Waals surface area (Å²) < 4.78 is 24.3. The Morgan fingerprint density at radius 1 is 1.21 bits per heavy atom. The van der Waals surface area contributed by atoms with E-state index in [0.717, 1.165) is 7.11 Å². The van der Waals surface area contributed by atoms with Crippen molar-refractivity contribution in [2.45, 2.75) is 11.7 Å². The average Bonchev–Trinajstić information content (AvgIpc) is 2.23. The van der Waals surface area contributed by atoms with Gasteiger partial charge in [0, 0.05) is 0 Å². The summed E-state index contributed by atoms with van der Waals surface area (Å²) in [5.41, 5.74) is 0. The van der Waals surface area contributed by atoms with Crippen molar-refractivity contribution < 1.29 is 27.5 Å². The number of carbonyl (C=O) groups is 2. The van der Waals surface area contributed by atoms with Crippen molar-refractivity contribution in [3.05, 3.63) is 0 Å². The number of rotatable bonds is 5. The highest BCUT2D eigenvalue weighted by atomic mass is 32.2. The molecule has 0 aromatic heterocycles. The van der Waals surface area contributed by atoms with Crippen LogP contribution in [0.25, 0.3) is 0 Å². The van der Waals surface area contributed by atoms with Crippen LogP contribution in [0.15, 0.2) is 0 Å². The molecule has 0 bridgehead atoms. The van der Waals surface area contributed by atoms with Crippen molar-refractivity contribution >= 4 is 23.0 Å². The van der Waals surface area contributed by atoms with Gasteiger partial charge in [0.1, 0.15) is 0 Å². The second-order valence-electron chi connectivity index (χ2n) is 2.22. The summed E-state index contributed by atoms with van der Waals surface area (Å²) in [5.74, 6) is -1.42. The first-order chi connectivity index (χ1) is 6.56. The zero-order valence-electron chi connectivity index (χ0n) is 8.14. The summed E-state index contributed by atoms with van der Waals surface area (Å²) in [6.45, 7) is 0. The second kappa shape index (κ2) is 6.50. The molecule has 0 aromatic carbocycles. The average molecular weight is 224 g/mol. The Balaban J connectivity index is 4.48. The van der Waals surface area contributed by atoms with Gasteiger partial charge in [-0.1, -0.05) is 0 Å². The van der Waals surface area contributed by atoms with Gasteiger partial charge in [-0.3, -0.25) is 13.8 Å². The lowest BCUT2D eigenvalue weighted by Gasteiger charge is -2.10. The molecule has 0 spiro atoms. The summed E-state index contributed by atoms with van der Waals surface area (Å²) in [4.78, 5) is 21.9. The molecule has 2 atom stereocenters. The minimum atomic E-state index is -1.89. The first kappa shape index (κ1) is 13.1. The molecule has 0 N–H and O–H groups in total. The Morgan fingerprint density at radius 2 is 1.79 bits per heavy atom. The van der Waals surface area contributed by atoms with Crippen LogP contribution in [-0.2, 0) is 34.3 Å². The molecule has 0 saturated heterocycles. The molecule has 7 heteroatoms. The summed E-state index contributed by atoms with van der Waals surface area (Å²) in [6, 6.07) is 0. The first-order valence-electron chi connectivity index (χ1n) is 3.66. The largest absolute Gasteiger partial charge is 0.469 e. The summed E-state index contributed by atoms with van der Waals surface area (Å²) in [6.07, 6.45) is -0.330. The van der Waals surface area contributed by atoms with Crippen LogP contribution in [0.1, 0.15) is 6.42 Å². The number of methoxy groups -OCH3 is 2. The Kier molecular flexibility index (Phi) is 6.06. The third kappa shape index (κ3) is 3.84. The zero-order valence-corrected chi connectivity index (χ0v) is 8.96. The van der Waals surface area contributed by atoms with E-state index in [-0.39, 0.29) is 6.42 Å². The molecule has 0 aliphatic carbocycles. The van der Waals surface area contributed by atoms with Crippen LogP contribution >= 0.6 is 0 Å². The maximum atomic E-state index is 11.1. The van der Waals surface area contributed by atoms with Gasteiger partial charge in [0.05, 0.1) is 27.8 Å². The number of carbonyl (C=O) groups excluding carboxylic acids is 2. The fourth-order valence-electron chi connectivity index (χ4n) is 0.712. The van der Waals surface area contributed by atoms with Crippen LogP contribution in [0.2, 0.25) is 0 Å². The standard InChI is InChI=1S/C7H12O6S/c1-11-6(8)4-5(7(9)12-2)14(10)13-3/h5H,4H2,1-3H3. The molecule has 0 heterocycles. The Morgan fingerprint density at radius 3 is 2.14 bits per heavy atom. The monoisotopic (exact) mass is 224 g/mol. The minimum Gasteiger partial charge on any atom is -0.469 e. The predicted octanol–water partition coefficient (Wildman–Crippen LogP) is -0.599. The third-order valence-corrected chi connectivity index (χ3v) is 2.59. The quantitative estimate of drug-likeness (QED) is 0.580. The molecule has 82 valence electrons. The maximum Gasteiger partial charge on any atom is 0.324 e. The summed E-state index contributed by atoms with van der Waals surface area (Å²) in [5, 5.41) is -1.14. The van der Waals surface area contributed by atoms with E-state index in [9.17, 15) is 13.8 Å². The van der Waals surface area contributed by atoms with Crippen molar-refractivity contribution in [3.8, 4) is 0 Å². The molecule has 14 heavy (non-hydrogen) atoms. The normalized spacial score (nSPS) is 14.2. The second-order valence-corrected chi connectivity index (χ2v) is 3.64. The van der Waals surface area contributed by atoms with Crippen LogP contribution < -0.4 is 0 Å². The Bertz CT molecular complexity index is 222. The number of ether oxygens (including phenoxy) is 2.